The molecule has 3 heteroatoms. The lowest BCUT2D eigenvalue weighted by molar-refractivity contribution is 0.0894. The van der Waals surface area contributed by atoms with Crippen LogP contribution in [0.5, 0.6) is 0 Å². The highest BCUT2D eigenvalue weighted by atomic mass is 16.1. The van der Waals surface area contributed by atoms with Crippen LogP contribution in [0.25, 0.3) is 0 Å². The van der Waals surface area contributed by atoms with Crippen LogP contribution in [-0.4, -0.2) is 24.7 Å². The van der Waals surface area contributed by atoms with Gasteiger partial charge in [-0.1, -0.05) is 30.3 Å². The molecule has 0 fully saturated rings. The van der Waals surface area contributed by atoms with Gasteiger partial charge in [0.25, 0.3) is 0 Å². The van der Waals surface area contributed by atoms with Crippen molar-refractivity contribution in [1.82, 2.24) is 0 Å². The second-order valence-electron chi connectivity index (χ2n) is 5.11. The quantitative estimate of drug-likeness (QED) is 0.572. The molecule has 2 aromatic rings. The van der Waals surface area contributed by atoms with Crippen LogP contribution in [0.3, 0.4) is 0 Å². The molecule has 3 nitrogen and oxygen atoms in total. The fourth-order valence-electron chi connectivity index (χ4n) is 2.42. The van der Waals surface area contributed by atoms with E-state index in [1.54, 1.807) is 36.4 Å². The maximum atomic E-state index is 12.2. The monoisotopic (exact) mass is 295 g/mol. The summed E-state index contributed by atoms with van der Waals surface area (Å²) in [5, 5.41) is 0. The predicted molar refractivity (Wildman–Crippen MR) is 89.7 cm³/mol. The number of hydrogen-bond acceptors (Lipinski definition) is 3. The van der Waals surface area contributed by atoms with Crippen molar-refractivity contribution in [1.29, 1.82) is 0 Å². The summed E-state index contributed by atoms with van der Waals surface area (Å²) >= 11 is 0. The van der Waals surface area contributed by atoms with Crippen molar-refractivity contribution < 1.29 is 9.59 Å². The fourth-order valence-corrected chi connectivity index (χ4v) is 2.42. The predicted octanol–water partition coefficient (Wildman–Crippen LogP) is 3.99. The maximum absolute atomic E-state index is 12.2. The molecule has 0 bridgehead atoms. The van der Waals surface area contributed by atoms with Crippen LogP contribution in [0, 0.1) is 0 Å². The SMILES string of the molecule is CCN(CC)c1ccc(C(=O)CC(=O)c2ccccc2)cc1. The zero-order valence-electron chi connectivity index (χ0n) is 13.1. The van der Waals surface area contributed by atoms with E-state index in [1.165, 1.54) is 0 Å². The van der Waals surface area contributed by atoms with Crippen LogP contribution >= 0.6 is 0 Å². The number of hydrogen-bond donors (Lipinski definition) is 0. The molecule has 0 atom stereocenters. The van der Waals surface area contributed by atoms with Gasteiger partial charge in [0.2, 0.25) is 0 Å². The molecular formula is C19H21NO2. The van der Waals surface area contributed by atoms with E-state index in [0.29, 0.717) is 11.1 Å². The van der Waals surface area contributed by atoms with E-state index in [-0.39, 0.29) is 18.0 Å². The summed E-state index contributed by atoms with van der Waals surface area (Å²) in [6, 6.07) is 16.4. The summed E-state index contributed by atoms with van der Waals surface area (Å²) in [5.41, 5.74) is 2.26. The van der Waals surface area contributed by atoms with Crippen molar-refractivity contribution in [3.05, 3.63) is 65.7 Å². The van der Waals surface area contributed by atoms with Gasteiger partial charge in [-0.3, -0.25) is 9.59 Å². The molecule has 2 aromatic carbocycles. The minimum Gasteiger partial charge on any atom is -0.372 e. The van der Waals surface area contributed by atoms with Gasteiger partial charge in [-0.05, 0) is 38.1 Å². The number of carbonyl (C=O) groups excluding carboxylic acids is 2. The number of ketones is 2. The first-order chi connectivity index (χ1) is 10.7. The Morgan fingerprint density at radius 2 is 1.27 bits per heavy atom. The molecule has 0 N–H and O–H groups in total. The Morgan fingerprint density at radius 3 is 1.77 bits per heavy atom. The third-order valence-corrected chi connectivity index (χ3v) is 3.73. The molecule has 114 valence electrons. The maximum Gasteiger partial charge on any atom is 0.170 e. The molecule has 0 aliphatic rings. The van der Waals surface area contributed by atoms with Gasteiger partial charge in [-0.25, -0.2) is 0 Å². The highest BCUT2D eigenvalue weighted by molar-refractivity contribution is 6.13. The van der Waals surface area contributed by atoms with Crippen LogP contribution in [0.2, 0.25) is 0 Å². The Morgan fingerprint density at radius 1 is 0.773 bits per heavy atom. The van der Waals surface area contributed by atoms with E-state index >= 15 is 0 Å². The van der Waals surface area contributed by atoms with E-state index in [0.717, 1.165) is 18.8 Å². The lowest BCUT2D eigenvalue weighted by Gasteiger charge is -2.20. The highest BCUT2D eigenvalue weighted by Gasteiger charge is 2.13. The summed E-state index contributed by atoms with van der Waals surface area (Å²) in [5.74, 6) is -0.279. The smallest absolute Gasteiger partial charge is 0.170 e. The Kier molecular flexibility index (Phi) is 5.48. The summed E-state index contributed by atoms with van der Waals surface area (Å²) < 4.78 is 0. The van der Waals surface area contributed by atoms with Crippen molar-refractivity contribution in [2.75, 3.05) is 18.0 Å². The molecule has 0 heterocycles. The molecule has 0 saturated heterocycles. The van der Waals surface area contributed by atoms with Crippen molar-refractivity contribution in [2.45, 2.75) is 20.3 Å². The Bertz CT molecular complexity index is 628. The molecule has 0 radical (unpaired) electrons. The molecule has 0 spiro atoms. The number of anilines is 1. The van der Waals surface area contributed by atoms with Crippen molar-refractivity contribution in [3.63, 3.8) is 0 Å². The van der Waals surface area contributed by atoms with Crippen molar-refractivity contribution >= 4 is 17.3 Å². The molecule has 2 rings (SSSR count). The van der Waals surface area contributed by atoms with Gasteiger partial charge in [0.05, 0.1) is 6.42 Å². The van der Waals surface area contributed by atoms with Crippen molar-refractivity contribution in [2.24, 2.45) is 0 Å². The highest BCUT2D eigenvalue weighted by Crippen LogP contribution is 2.16. The van der Waals surface area contributed by atoms with E-state index in [1.807, 2.05) is 18.2 Å². The van der Waals surface area contributed by atoms with Crippen LogP contribution in [0.1, 0.15) is 41.0 Å². The van der Waals surface area contributed by atoms with Crippen molar-refractivity contribution in [3.8, 4) is 0 Å². The molecule has 0 saturated carbocycles. The number of nitrogens with zero attached hydrogens (tertiary/aromatic N) is 1. The second-order valence-corrected chi connectivity index (χ2v) is 5.11. The van der Waals surface area contributed by atoms with Gasteiger partial charge in [-0.15, -0.1) is 0 Å². The first kappa shape index (κ1) is 16.0. The van der Waals surface area contributed by atoms with Crippen LogP contribution < -0.4 is 4.90 Å². The number of rotatable bonds is 7. The summed E-state index contributed by atoms with van der Waals surface area (Å²) in [6.45, 7) is 6.05. The Labute approximate surface area is 131 Å². The number of Topliss-reactive ketones (excluding diaryl/α,β-unsaturated/α-hetero) is 2. The number of carbonyl (C=O) groups is 2. The topological polar surface area (TPSA) is 37.4 Å². The van der Waals surface area contributed by atoms with Gasteiger partial charge in [0.15, 0.2) is 11.6 Å². The molecule has 0 aliphatic heterocycles. The lowest BCUT2D eigenvalue weighted by atomic mass is 10.0. The van der Waals surface area contributed by atoms with Gasteiger partial charge in [-0.2, -0.15) is 0 Å². The van der Waals surface area contributed by atoms with Gasteiger partial charge < -0.3 is 4.90 Å². The Hall–Kier alpha value is -2.42. The minimum atomic E-state index is -0.140. The molecule has 0 aromatic heterocycles. The number of benzene rings is 2. The van der Waals surface area contributed by atoms with Gasteiger partial charge in [0.1, 0.15) is 0 Å². The molecule has 0 aliphatic carbocycles. The third kappa shape index (κ3) is 3.82. The molecular weight excluding hydrogens is 274 g/mol. The standard InChI is InChI=1S/C19H21NO2/c1-3-20(4-2)17-12-10-16(11-13-17)19(22)14-18(21)15-8-6-5-7-9-15/h5-13H,3-4,14H2,1-2H3. The largest absolute Gasteiger partial charge is 0.372 e. The van der Waals surface area contributed by atoms with Crippen LogP contribution in [0.4, 0.5) is 5.69 Å². The summed E-state index contributed by atoms with van der Waals surface area (Å²) in [7, 11) is 0. The van der Waals surface area contributed by atoms with E-state index in [2.05, 4.69) is 18.7 Å². The molecule has 0 unspecified atom stereocenters. The van der Waals surface area contributed by atoms with E-state index in [4.69, 9.17) is 0 Å². The van der Waals surface area contributed by atoms with E-state index < -0.39 is 0 Å². The fraction of sp³-hybridized carbons (Fsp3) is 0.263. The summed E-state index contributed by atoms with van der Waals surface area (Å²) in [4.78, 5) is 26.5. The molecule has 0 amide bonds. The average Bonchev–Trinajstić information content (AvgIpc) is 2.57. The van der Waals surface area contributed by atoms with Gasteiger partial charge in [0, 0.05) is 29.9 Å². The molecule has 22 heavy (non-hydrogen) atoms. The zero-order chi connectivity index (χ0) is 15.9. The van der Waals surface area contributed by atoms with Crippen LogP contribution in [-0.2, 0) is 0 Å². The minimum absolute atomic E-state index is 0.0887. The van der Waals surface area contributed by atoms with Gasteiger partial charge >= 0.3 is 0 Å². The third-order valence-electron chi connectivity index (χ3n) is 3.73. The summed E-state index contributed by atoms with van der Waals surface area (Å²) in [6.07, 6.45) is -0.0887. The first-order valence-corrected chi connectivity index (χ1v) is 7.62. The average molecular weight is 295 g/mol. The van der Waals surface area contributed by atoms with E-state index in [9.17, 15) is 9.59 Å². The Balaban J connectivity index is 2.05. The normalized spacial score (nSPS) is 10.3. The first-order valence-electron chi connectivity index (χ1n) is 7.62. The zero-order valence-corrected chi connectivity index (χ0v) is 13.1. The second kappa shape index (κ2) is 7.55. The lowest BCUT2D eigenvalue weighted by Crippen LogP contribution is -2.21. The van der Waals surface area contributed by atoms with Crippen LogP contribution in [0.15, 0.2) is 54.6 Å².